The van der Waals surface area contributed by atoms with Crippen molar-refractivity contribution in [2.75, 3.05) is 18.9 Å². The largest absolute Gasteiger partial charge is 0.490 e. The van der Waals surface area contributed by atoms with Crippen molar-refractivity contribution in [2.24, 2.45) is 0 Å². The molecule has 0 spiro atoms. The fraction of sp³-hybridized carbons (Fsp3) is 0.480. The number of nitrogens with zero attached hydrogens (tertiary/aromatic N) is 4. The van der Waals surface area contributed by atoms with E-state index in [1.807, 2.05) is 18.5 Å². The Labute approximate surface area is 241 Å². The highest BCUT2D eigenvalue weighted by atomic mass is 35.5. The first kappa shape index (κ1) is 33.5. The summed E-state index contributed by atoms with van der Waals surface area (Å²) >= 11 is 7.80. The van der Waals surface area contributed by atoms with Crippen LogP contribution in [0.4, 0.5) is 18.9 Å². The van der Waals surface area contributed by atoms with Crippen LogP contribution in [0.3, 0.4) is 0 Å². The number of imidazole rings is 1. The van der Waals surface area contributed by atoms with Crippen LogP contribution in [0, 0.1) is 0 Å². The lowest BCUT2D eigenvalue weighted by molar-refractivity contribution is -0.192. The molecule has 40 heavy (non-hydrogen) atoms. The van der Waals surface area contributed by atoms with Gasteiger partial charge in [0.2, 0.25) is 10.0 Å². The number of carboxylic acid groups (broad SMARTS) is 1. The van der Waals surface area contributed by atoms with Crippen LogP contribution in [-0.2, 0) is 34.2 Å². The van der Waals surface area contributed by atoms with Crippen LogP contribution in [0.25, 0.3) is 0 Å². The second kappa shape index (κ2) is 14.8. The van der Waals surface area contributed by atoms with E-state index in [4.69, 9.17) is 21.5 Å². The van der Waals surface area contributed by atoms with E-state index in [1.54, 1.807) is 36.7 Å². The molecule has 2 N–H and O–H groups in total. The number of halogens is 4. The number of anilines is 1. The van der Waals surface area contributed by atoms with Crippen molar-refractivity contribution >= 4 is 44.6 Å². The maximum Gasteiger partial charge on any atom is 0.490 e. The van der Waals surface area contributed by atoms with E-state index in [0.717, 1.165) is 35.9 Å². The Hall–Kier alpha value is -2.68. The minimum absolute atomic E-state index is 0.139. The van der Waals surface area contributed by atoms with Crippen LogP contribution < -0.4 is 5.32 Å². The fourth-order valence-corrected chi connectivity index (χ4v) is 6.04. The molecule has 0 saturated carbocycles. The maximum absolute atomic E-state index is 13.4. The summed E-state index contributed by atoms with van der Waals surface area (Å²) in [6, 6.07) is 4.78. The van der Waals surface area contributed by atoms with Gasteiger partial charge >= 0.3 is 12.1 Å². The first-order valence-electron chi connectivity index (χ1n) is 12.5. The van der Waals surface area contributed by atoms with E-state index < -0.39 is 22.2 Å². The van der Waals surface area contributed by atoms with E-state index in [-0.39, 0.29) is 10.9 Å². The molecular weight excluding hydrogens is 591 g/mol. The number of carbonyl (C=O) groups is 1. The molecule has 2 aromatic heterocycles. The highest BCUT2D eigenvalue weighted by Crippen LogP contribution is 2.31. The van der Waals surface area contributed by atoms with Gasteiger partial charge in [0.1, 0.15) is 10.7 Å². The first-order valence-corrected chi connectivity index (χ1v) is 15.2. The summed E-state index contributed by atoms with van der Waals surface area (Å²) in [5.74, 6) is -1.77. The van der Waals surface area contributed by atoms with Crippen LogP contribution in [0.15, 0.2) is 40.9 Å². The van der Waals surface area contributed by atoms with Gasteiger partial charge in [0, 0.05) is 49.4 Å². The molecule has 3 aromatic rings. The average Bonchev–Trinajstić information content (AvgIpc) is 3.55. The number of benzene rings is 1. The number of hydrogen-bond donors (Lipinski definition) is 2. The second-order valence-electron chi connectivity index (χ2n) is 8.80. The third-order valence-electron chi connectivity index (χ3n) is 5.70. The first-order chi connectivity index (χ1) is 18.7. The summed E-state index contributed by atoms with van der Waals surface area (Å²) < 4.78 is 62.1. The zero-order chi connectivity index (χ0) is 30.1. The molecule has 0 fully saturated rings. The Morgan fingerprint density at radius 1 is 1.30 bits per heavy atom. The summed E-state index contributed by atoms with van der Waals surface area (Å²) in [6.07, 6.45) is 1.98. The number of carboxylic acids is 1. The van der Waals surface area contributed by atoms with E-state index in [0.29, 0.717) is 30.1 Å². The van der Waals surface area contributed by atoms with Crippen LogP contribution in [0.1, 0.15) is 56.2 Å². The third kappa shape index (κ3) is 9.46. The lowest BCUT2D eigenvalue weighted by atomic mass is 10.2. The number of aliphatic carboxylic acids is 1. The number of rotatable bonds is 12. The van der Waals surface area contributed by atoms with Crippen molar-refractivity contribution in [3.63, 3.8) is 0 Å². The molecule has 1 aromatic carbocycles. The molecule has 0 aliphatic rings. The standard InChI is InChI=1S/C23H32ClN5O2S2.C2HF3O2/c1-5-12-29-14-11-25-22(29)8-7-13-28(4)33(30,31)21-15-18(24)9-10-19(21)26-17(3)20-16-32-23(6-2)27-20;3-2(4,5)1(6)7/h9-11,14-17,26H,5-8,12-13H2,1-4H3;(H,6,7). The maximum atomic E-state index is 13.4. The minimum atomic E-state index is -5.08. The van der Waals surface area contributed by atoms with Gasteiger partial charge in [0.25, 0.3) is 0 Å². The predicted molar refractivity (Wildman–Crippen MR) is 149 cm³/mol. The molecule has 0 bridgehead atoms. The van der Waals surface area contributed by atoms with E-state index >= 15 is 0 Å². The van der Waals surface area contributed by atoms with Crippen molar-refractivity contribution in [3.05, 3.63) is 57.5 Å². The van der Waals surface area contributed by atoms with Crippen molar-refractivity contribution in [2.45, 2.75) is 70.1 Å². The molecule has 15 heteroatoms. The summed E-state index contributed by atoms with van der Waals surface area (Å²) in [6.45, 7) is 7.46. The molecule has 0 aliphatic carbocycles. The van der Waals surface area contributed by atoms with Crippen molar-refractivity contribution < 1.29 is 31.5 Å². The summed E-state index contributed by atoms with van der Waals surface area (Å²) in [7, 11) is -2.13. The Morgan fingerprint density at radius 3 is 2.55 bits per heavy atom. The molecule has 0 amide bonds. The van der Waals surface area contributed by atoms with Gasteiger partial charge in [-0.1, -0.05) is 25.4 Å². The van der Waals surface area contributed by atoms with E-state index in [9.17, 15) is 21.6 Å². The normalized spacial score (nSPS) is 12.6. The van der Waals surface area contributed by atoms with Gasteiger partial charge in [0.15, 0.2) is 0 Å². The zero-order valence-electron chi connectivity index (χ0n) is 22.6. The average molecular weight is 624 g/mol. The number of hydrogen-bond acceptors (Lipinski definition) is 7. The van der Waals surface area contributed by atoms with E-state index in [1.165, 1.54) is 10.4 Å². The number of nitrogens with one attached hydrogen (secondary N) is 1. The quantitative estimate of drug-likeness (QED) is 0.253. The molecule has 1 unspecified atom stereocenters. The minimum Gasteiger partial charge on any atom is -0.475 e. The van der Waals surface area contributed by atoms with Gasteiger partial charge in [0.05, 0.1) is 22.4 Å². The number of sulfonamides is 1. The fourth-order valence-electron chi connectivity index (χ4n) is 3.58. The second-order valence-corrected chi connectivity index (χ2v) is 12.2. The summed E-state index contributed by atoms with van der Waals surface area (Å²) in [4.78, 5) is 18.1. The molecule has 9 nitrogen and oxygen atoms in total. The predicted octanol–water partition coefficient (Wildman–Crippen LogP) is 6.03. The highest BCUT2D eigenvalue weighted by Gasteiger charge is 2.38. The van der Waals surface area contributed by atoms with Crippen LogP contribution in [-0.4, -0.2) is 58.1 Å². The summed E-state index contributed by atoms with van der Waals surface area (Å²) in [5, 5.41) is 13.9. The number of aromatic nitrogens is 3. The van der Waals surface area contributed by atoms with Gasteiger partial charge < -0.3 is 15.0 Å². The number of aryl methyl sites for hydroxylation is 3. The lowest BCUT2D eigenvalue weighted by Gasteiger charge is -2.22. The van der Waals surface area contributed by atoms with Crippen molar-refractivity contribution in [1.29, 1.82) is 0 Å². The third-order valence-corrected chi connectivity index (χ3v) is 8.84. The zero-order valence-corrected chi connectivity index (χ0v) is 25.0. The van der Waals surface area contributed by atoms with Crippen molar-refractivity contribution in [3.8, 4) is 0 Å². The number of alkyl halides is 3. The van der Waals surface area contributed by atoms with Gasteiger partial charge in [-0.25, -0.2) is 27.5 Å². The molecule has 0 saturated heterocycles. The highest BCUT2D eigenvalue weighted by molar-refractivity contribution is 7.89. The molecule has 2 heterocycles. The van der Waals surface area contributed by atoms with Gasteiger partial charge in [-0.2, -0.15) is 13.2 Å². The van der Waals surface area contributed by atoms with Crippen LogP contribution in [0.5, 0.6) is 0 Å². The van der Waals surface area contributed by atoms with E-state index in [2.05, 4.69) is 33.7 Å². The Kier molecular flexibility index (Phi) is 12.4. The topological polar surface area (TPSA) is 117 Å². The molecule has 1 atom stereocenters. The molecule has 3 rings (SSSR count). The van der Waals surface area contributed by atoms with Gasteiger partial charge in [-0.15, -0.1) is 11.3 Å². The van der Waals surface area contributed by atoms with Gasteiger partial charge in [-0.3, -0.25) is 0 Å². The molecular formula is C25H33ClF3N5O4S2. The lowest BCUT2D eigenvalue weighted by Crippen LogP contribution is -2.29. The Bertz CT molecular complexity index is 1360. The summed E-state index contributed by atoms with van der Waals surface area (Å²) in [5.41, 5.74) is 1.41. The van der Waals surface area contributed by atoms with Crippen LogP contribution in [0.2, 0.25) is 5.02 Å². The number of thiazole rings is 1. The Morgan fingerprint density at radius 2 is 1.98 bits per heavy atom. The monoisotopic (exact) mass is 623 g/mol. The molecule has 0 aliphatic heterocycles. The smallest absolute Gasteiger partial charge is 0.475 e. The van der Waals surface area contributed by atoms with Gasteiger partial charge in [-0.05, 0) is 44.4 Å². The Balaban J connectivity index is 0.000000708. The molecule has 0 radical (unpaired) electrons. The molecule has 222 valence electrons. The van der Waals surface area contributed by atoms with Crippen LogP contribution >= 0.6 is 22.9 Å². The van der Waals surface area contributed by atoms with Crippen molar-refractivity contribution in [1.82, 2.24) is 18.8 Å². The SMILES string of the molecule is CCCn1ccnc1CCCN(C)S(=O)(=O)c1cc(Cl)ccc1NC(C)c1csc(CC)n1.O=C(O)C(F)(F)F.